The number of aromatic nitrogens is 4. The molecule has 7 nitrogen and oxygen atoms in total. The number of halogens is 1. The van der Waals surface area contributed by atoms with E-state index in [9.17, 15) is 4.79 Å². The van der Waals surface area contributed by atoms with Crippen molar-refractivity contribution in [2.75, 3.05) is 12.4 Å². The van der Waals surface area contributed by atoms with Gasteiger partial charge in [-0.25, -0.2) is 0 Å². The first-order chi connectivity index (χ1) is 12.7. The summed E-state index contributed by atoms with van der Waals surface area (Å²) in [7, 11) is 1.58. The summed E-state index contributed by atoms with van der Waals surface area (Å²) in [6.45, 7) is 8.10. The fourth-order valence-electron chi connectivity index (χ4n) is 2.80. The van der Waals surface area contributed by atoms with E-state index in [1.165, 1.54) is 4.63 Å². The van der Waals surface area contributed by atoms with Gasteiger partial charge in [0.2, 0.25) is 5.91 Å². The number of amides is 1. The smallest absolute Gasteiger partial charge is 0.224 e. The number of carbonyl (C=O) groups is 1. The van der Waals surface area contributed by atoms with Crippen molar-refractivity contribution < 1.29 is 9.53 Å². The first kappa shape index (κ1) is 19.2. The number of rotatable bonds is 5. The number of hydrogen-bond donors (Lipinski definition) is 2. The van der Waals surface area contributed by atoms with Crippen molar-refractivity contribution in [1.29, 1.82) is 0 Å². The lowest BCUT2D eigenvalue weighted by molar-refractivity contribution is -0.116. The number of methoxy groups -OCH3 is 1. The van der Waals surface area contributed by atoms with Gasteiger partial charge in [0.25, 0.3) is 0 Å². The molecule has 8 heteroatoms. The van der Waals surface area contributed by atoms with E-state index in [2.05, 4.69) is 20.5 Å². The summed E-state index contributed by atoms with van der Waals surface area (Å²) < 4.78 is 6.78. The van der Waals surface area contributed by atoms with E-state index in [1.54, 1.807) is 13.2 Å². The van der Waals surface area contributed by atoms with Gasteiger partial charge in [-0.3, -0.25) is 4.79 Å². The Bertz CT molecular complexity index is 984. The Labute approximate surface area is 163 Å². The molecule has 0 aliphatic carbocycles. The lowest BCUT2D eigenvalue weighted by atomic mass is 9.92. The molecule has 0 atom stereocenters. The zero-order chi connectivity index (χ0) is 19.8. The fraction of sp³-hybridized carbons (Fsp3) is 0.421. The predicted octanol–water partition coefficient (Wildman–Crippen LogP) is 4.42. The number of nitrogens with zero attached hydrogens (tertiary/aromatic N) is 3. The quantitative estimate of drug-likeness (QED) is 0.676. The van der Waals surface area contributed by atoms with Crippen LogP contribution in [0.25, 0.3) is 17.0 Å². The van der Waals surface area contributed by atoms with Gasteiger partial charge in [0.05, 0.1) is 18.5 Å². The molecule has 0 spiro atoms. The molecular weight excluding hydrogens is 366 g/mol. The van der Waals surface area contributed by atoms with Gasteiger partial charge in [-0.15, -0.1) is 9.73 Å². The molecule has 2 N–H and O–H groups in total. The molecule has 0 saturated carbocycles. The molecule has 0 aliphatic rings. The number of aromatic amines is 1. The third-order valence-electron chi connectivity index (χ3n) is 4.19. The van der Waals surface area contributed by atoms with Gasteiger partial charge in [0, 0.05) is 23.5 Å². The number of nitrogens with one attached hydrogen (secondary N) is 2. The molecule has 1 amide bonds. The molecule has 144 valence electrons. The number of anilines is 1. The molecule has 0 radical (unpaired) electrons. The summed E-state index contributed by atoms with van der Waals surface area (Å²) in [5.41, 5.74) is 2.57. The first-order valence-corrected chi connectivity index (χ1v) is 9.25. The number of benzene rings is 1. The van der Waals surface area contributed by atoms with Crippen molar-refractivity contribution >= 4 is 28.8 Å². The van der Waals surface area contributed by atoms with Gasteiger partial charge in [-0.2, -0.15) is 5.10 Å². The molecule has 0 saturated heterocycles. The molecule has 3 aromatic rings. The highest BCUT2D eigenvalue weighted by Gasteiger charge is 2.25. The van der Waals surface area contributed by atoms with Crippen molar-refractivity contribution in [3.05, 3.63) is 28.9 Å². The van der Waals surface area contributed by atoms with E-state index in [1.807, 2.05) is 39.8 Å². The minimum absolute atomic E-state index is 0.0589. The largest absolute Gasteiger partial charge is 0.497 e. The van der Waals surface area contributed by atoms with Crippen LogP contribution in [0.15, 0.2) is 18.2 Å². The zero-order valence-corrected chi connectivity index (χ0v) is 16.9. The average molecular weight is 390 g/mol. The normalized spacial score (nSPS) is 11.8. The van der Waals surface area contributed by atoms with Gasteiger partial charge in [-0.1, -0.05) is 39.3 Å². The molecule has 0 fully saturated rings. The third kappa shape index (κ3) is 3.78. The minimum Gasteiger partial charge on any atom is -0.497 e. The molecule has 2 aromatic heterocycles. The Morgan fingerprint density at radius 3 is 2.67 bits per heavy atom. The van der Waals surface area contributed by atoms with Crippen LogP contribution < -0.4 is 10.1 Å². The van der Waals surface area contributed by atoms with E-state index in [4.69, 9.17) is 16.3 Å². The van der Waals surface area contributed by atoms with Crippen LogP contribution in [0, 0.1) is 0 Å². The molecule has 27 heavy (non-hydrogen) atoms. The fourth-order valence-corrected chi connectivity index (χ4v) is 3.24. The van der Waals surface area contributed by atoms with Crippen LogP contribution in [0.3, 0.4) is 0 Å². The lowest BCUT2D eigenvalue weighted by Gasteiger charge is -2.15. The van der Waals surface area contributed by atoms with E-state index in [0.29, 0.717) is 34.4 Å². The maximum atomic E-state index is 12.1. The Balaban J connectivity index is 2.06. The Hall–Kier alpha value is -2.54. The zero-order valence-electron chi connectivity index (χ0n) is 16.2. The molecule has 0 aliphatic heterocycles. The molecule has 2 heterocycles. The summed E-state index contributed by atoms with van der Waals surface area (Å²) in [4.78, 5) is 15.3. The predicted molar refractivity (Wildman–Crippen MR) is 107 cm³/mol. The van der Waals surface area contributed by atoms with Gasteiger partial charge >= 0.3 is 0 Å². The summed E-state index contributed by atoms with van der Waals surface area (Å²) >= 11 is 6.51. The van der Waals surface area contributed by atoms with Gasteiger partial charge in [0.1, 0.15) is 10.8 Å². The van der Waals surface area contributed by atoms with E-state index in [-0.39, 0.29) is 11.3 Å². The highest BCUT2D eigenvalue weighted by Crippen LogP contribution is 2.34. The maximum Gasteiger partial charge on any atom is 0.224 e. The monoisotopic (exact) mass is 389 g/mol. The number of H-pyrrole nitrogens is 1. The van der Waals surface area contributed by atoms with Crippen LogP contribution in [0.2, 0.25) is 5.02 Å². The summed E-state index contributed by atoms with van der Waals surface area (Å²) in [5, 5.41) is 12.5. The topological polar surface area (TPSA) is 84.3 Å². The lowest BCUT2D eigenvalue weighted by Crippen LogP contribution is -2.13. The second-order valence-electron chi connectivity index (χ2n) is 7.43. The Morgan fingerprint density at radius 2 is 2.07 bits per heavy atom. The van der Waals surface area contributed by atoms with Gasteiger partial charge < -0.3 is 15.0 Å². The van der Waals surface area contributed by atoms with Crippen molar-refractivity contribution in [2.24, 2.45) is 0 Å². The number of ether oxygens (including phenoxy) is 1. The number of carbonyl (C=O) groups excluding carboxylic acids is 1. The second kappa shape index (κ2) is 7.23. The standard InChI is InChI=1S/C19H24ClN5O2/c1-6-7-14(26)21-13-10-11(27-5)8-9-12(13)17-22-18-15(20)16(19(2,3)4)23-25(18)24-17/h8-10H,6-7H2,1-5H3,(H,21,26)(H,22,24). The average Bonchev–Trinajstić information content (AvgIpc) is 3.14. The van der Waals surface area contributed by atoms with Crippen LogP contribution in [0.1, 0.15) is 46.2 Å². The molecule has 0 bridgehead atoms. The SMILES string of the molecule is CCCC(=O)Nc1cc(OC)ccc1-c1nn2nc(C(C)(C)C)c(Cl)c2[nH]1. The summed E-state index contributed by atoms with van der Waals surface area (Å²) in [6.07, 6.45) is 1.21. The van der Waals surface area contributed by atoms with Crippen LogP contribution in [-0.2, 0) is 10.2 Å². The van der Waals surface area contributed by atoms with E-state index < -0.39 is 0 Å². The van der Waals surface area contributed by atoms with Crippen molar-refractivity contribution in [2.45, 2.75) is 46.0 Å². The summed E-state index contributed by atoms with van der Waals surface area (Å²) in [5.74, 6) is 1.15. The van der Waals surface area contributed by atoms with Crippen LogP contribution >= 0.6 is 11.6 Å². The first-order valence-electron chi connectivity index (χ1n) is 8.87. The summed E-state index contributed by atoms with van der Waals surface area (Å²) in [6, 6.07) is 5.44. The highest BCUT2D eigenvalue weighted by molar-refractivity contribution is 6.34. The van der Waals surface area contributed by atoms with E-state index in [0.717, 1.165) is 17.7 Å². The van der Waals surface area contributed by atoms with Crippen molar-refractivity contribution in [3.8, 4) is 17.1 Å². The van der Waals surface area contributed by atoms with Crippen molar-refractivity contribution in [1.82, 2.24) is 19.8 Å². The Kier molecular flexibility index (Phi) is 5.15. The number of fused-ring (bicyclic) bond motifs is 1. The molecular formula is C19H24ClN5O2. The molecule has 3 rings (SSSR count). The van der Waals surface area contributed by atoms with Crippen LogP contribution in [0.4, 0.5) is 5.69 Å². The van der Waals surface area contributed by atoms with Crippen LogP contribution in [-0.4, -0.2) is 32.8 Å². The Morgan fingerprint density at radius 1 is 1.33 bits per heavy atom. The maximum absolute atomic E-state index is 12.1. The third-order valence-corrected chi connectivity index (χ3v) is 4.54. The van der Waals surface area contributed by atoms with Gasteiger partial charge in [-0.05, 0) is 18.6 Å². The van der Waals surface area contributed by atoms with Gasteiger partial charge in [0.15, 0.2) is 11.5 Å². The highest BCUT2D eigenvalue weighted by atomic mass is 35.5. The second-order valence-corrected chi connectivity index (χ2v) is 7.81. The van der Waals surface area contributed by atoms with Crippen molar-refractivity contribution in [3.63, 3.8) is 0 Å². The molecule has 0 unspecified atom stereocenters. The van der Waals surface area contributed by atoms with Crippen LogP contribution in [0.5, 0.6) is 5.75 Å². The minimum atomic E-state index is -0.189. The number of hydrogen-bond acceptors (Lipinski definition) is 4. The molecule has 1 aromatic carbocycles. The van der Waals surface area contributed by atoms with E-state index >= 15 is 0 Å².